The summed E-state index contributed by atoms with van der Waals surface area (Å²) in [6.45, 7) is 4.25. The van der Waals surface area contributed by atoms with Gasteiger partial charge in [-0.2, -0.15) is 0 Å². The van der Waals surface area contributed by atoms with E-state index in [-0.39, 0.29) is 18.0 Å². The molecule has 0 aliphatic carbocycles. The average Bonchev–Trinajstić information content (AvgIpc) is 2.34. The fraction of sp³-hybridized carbons (Fsp3) is 0.571. The minimum Gasteiger partial charge on any atom is -0.374 e. The molecule has 0 amide bonds. The first-order valence-electron chi connectivity index (χ1n) is 6.36. The molecule has 1 aromatic carbocycles. The van der Waals surface area contributed by atoms with Crippen LogP contribution in [0.4, 0.5) is 4.39 Å². The Morgan fingerprint density at radius 1 is 1.50 bits per heavy atom. The van der Waals surface area contributed by atoms with Crippen molar-refractivity contribution in [3.63, 3.8) is 0 Å². The van der Waals surface area contributed by atoms with Crippen molar-refractivity contribution in [2.45, 2.75) is 19.1 Å². The largest absolute Gasteiger partial charge is 0.374 e. The molecule has 2 rings (SSSR count). The first-order chi connectivity index (χ1) is 8.63. The molecular formula is C14H21FN2O. The van der Waals surface area contributed by atoms with Gasteiger partial charge in [-0.05, 0) is 38.2 Å². The van der Waals surface area contributed by atoms with Crippen molar-refractivity contribution in [2.75, 3.05) is 33.8 Å². The first kappa shape index (κ1) is 13.5. The van der Waals surface area contributed by atoms with E-state index in [2.05, 4.69) is 17.3 Å². The summed E-state index contributed by atoms with van der Waals surface area (Å²) in [6, 6.07) is 5.52. The molecule has 2 unspecified atom stereocenters. The lowest BCUT2D eigenvalue weighted by Gasteiger charge is -2.39. The van der Waals surface area contributed by atoms with Crippen LogP contribution < -0.4 is 5.32 Å². The zero-order valence-corrected chi connectivity index (χ0v) is 11.2. The molecular weight excluding hydrogens is 231 g/mol. The van der Waals surface area contributed by atoms with E-state index >= 15 is 0 Å². The molecule has 0 aromatic heterocycles. The van der Waals surface area contributed by atoms with Crippen LogP contribution in [0.2, 0.25) is 0 Å². The molecule has 4 heteroatoms. The number of benzene rings is 1. The molecule has 1 heterocycles. The predicted octanol–water partition coefficient (Wildman–Crippen LogP) is 1.73. The van der Waals surface area contributed by atoms with E-state index in [0.717, 1.165) is 25.3 Å². The van der Waals surface area contributed by atoms with E-state index in [4.69, 9.17) is 4.74 Å². The highest BCUT2D eigenvalue weighted by Crippen LogP contribution is 2.29. The van der Waals surface area contributed by atoms with Gasteiger partial charge in [0.1, 0.15) is 5.82 Å². The van der Waals surface area contributed by atoms with Crippen molar-refractivity contribution in [1.29, 1.82) is 0 Å². The quantitative estimate of drug-likeness (QED) is 0.886. The van der Waals surface area contributed by atoms with Crippen molar-refractivity contribution >= 4 is 0 Å². The Hall–Kier alpha value is -0.970. The highest BCUT2D eigenvalue weighted by atomic mass is 19.1. The van der Waals surface area contributed by atoms with Crippen molar-refractivity contribution in [1.82, 2.24) is 10.2 Å². The topological polar surface area (TPSA) is 24.5 Å². The number of nitrogens with one attached hydrogen (secondary N) is 1. The maximum atomic E-state index is 13.4. The van der Waals surface area contributed by atoms with Crippen LogP contribution in [0.5, 0.6) is 0 Å². The van der Waals surface area contributed by atoms with Gasteiger partial charge >= 0.3 is 0 Å². The number of hydrogen-bond acceptors (Lipinski definition) is 3. The molecule has 1 aliphatic heterocycles. The molecule has 1 N–H and O–H groups in total. The number of ether oxygens (including phenoxy) is 1. The van der Waals surface area contributed by atoms with E-state index in [1.165, 1.54) is 0 Å². The maximum absolute atomic E-state index is 13.4. The number of nitrogens with zero attached hydrogens (tertiary/aromatic N) is 1. The summed E-state index contributed by atoms with van der Waals surface area (Å²) in [4.78, 5) is 2.28. The summed E-state index contributed by atoms with van der Waals surface area (Å²) in [6.07, 6.45) is 0.110. The Morgan fingerprint density at radius 2 is 2.28 bits per heavy atom. The van der Waals surface area contributed by atoms with Gasteiger partial charge in [0.15, 0.2) is 0 Å². The lowest BCUT2D eigenvalue weighted by Crippen LogP contribution is -2.47. The highest BCUT2D eigenvalue weighted by molar-refractivity contribution is 5.27. The summed E-state index contributed by atoms with van der Waals surface area (Å²) < 4.78 is 19.2. The van der Waals surface area contributed by atoms with E-state index in [1.54, 1.807) is 13.0 Å². The normalized spacial score (nSPS) is 25.3. The van der Waals surface area contributed by atoms with Crippen LogP contribution in [-0.4, -0.2) is 44.8 Å². The summed E-state index contributed by atoms with van der Waals surface area (Å²) in [7, 11) is 4.01. The fourth-order valence-electron chi connectivity index (χ4n) is 2.55. The molecule has 1 fully saturated rings. The summed E-state index contributed by atoms with van der Waals surface area (Å²) >= 11 is 0. The molecule has 1 aromatic rings. The van der Waals surface area contributed by atoms with Gasteiger partial charge in [0.05, 0.1) is 18.8 Å². The molecule has 0 bridgehead atoms. The number of aryl methyl sites for hydroxylation is 1. The molecule has 0 saturated carbocycles. The number of morpholine rings is 1. The van der Waals surface area contributed by atoms with Gasteiger partial charge in [-0.25, -0.2) is 4.39 Å². The second-order valence-corrected chi connectivity index (χ2v) is 4.90. The molecule has 18 heavy (non-hydrogen) atoms. The van der Waals surface area contributed by atoms with Crippen LogP contribution in [0, 0.1) is 12.7 Å². The van der Waals surface area contributed by atoms with Gasteiger partial charge in [0.25, 0.3) is 0 Å². The molecule has 100 valence electrons. The van der Waals surface area contributed by atoms with Crippen molar-refractivity contribution in [3.8, 4) is 0 Å². The minimum atomic E-state index is -0.150. The highest BCUT2D eigenvalue weighted by Gasteiger charge is 2.31. The Kier molecular flexibility index (Phi) is 4.32. The summed E-state index contributed by atoms with van der Waals surface area (Å²) in [5.74, 6) is -0.150. The van der Waals surface area contributed by atoms with Gasteiger partial charge in [0, 0.05) is 13.1 Å². The first-order valence-corrected chi connectivity index (χ1v) is 6.36. The van der Waals surface area contributed by atoms with E-state index in [0.29, 0.717) is 5.56 Å². The Labute approximate surface area is 108 Å². The third kappa shape index (κ3) is 2.71. The summed E-state index contributed by atoms with van der Waals surface area (Å²) in [5.41, 5.74) is 1.81. The lowest BCUT2D eigenvalue weighted by molar-refractivity contribution is -0.0606. The summed E-state index contributed by atoms with van der Waals surface area (Å²) in [5, 5.41) is 3.16. The van der Waals surface area contributed by atoms with Crippen LogP contribution in [-0.2, 0) is 4.74 Å². The number of likely N-dealkylation sites (N-methyl/N-ethyl adjacent to an activating group) is 2. The Bertz CT molecular complexity index is 409. The van der Waals surface area contributed by atoms with Crippen molar-refractivity contribution < 1.29 is 9.13 Å². The van der Waals surface area contributed by atoms with Crippen LogP contribution in [0.1, 0.15) is 17.2 Å². The van der Waals surface area contributed by atoms with E-state index in [9.17, 15) is 4.39 Å². The molecule has 1 aliphatic rings. The zero-order valence-electron chi connectivity index (χ0n) is 11.2. The van der Waals surface area contributed by atoms with Gasteiger partial charge in [-0.15, -0.1) is 0 Å². The standard InChI is InChI=1S/C14H21FN2O/c1-10-8-11(4-5-12(10)15)14-13(9-16-2)18-7-6-17(14)3/h4-5,8,13-14,16H,6-7,9H2,1-3H3. The number of hydrogen-bond donors (Lipinski definition) is 1. The SMILES string of the molecule is CNCC1OCCN(C)C1c1ccc(F)c(C)c1. The molecule has 1 saturated heterocycles. The Balaban J connectivity index is 2.28. The zero-order chi connectivity index (χ0) is 13.1. The van der Waals surface area contributed by atoms with Crippen LogP contribution in [0.25, 0.3) is 0 Å². The fourth-order valence-corrected chi connectivity index (χ4v) is 2.55. The molecule has 3 nitrogen and oxygen atoms in total. The van der Waals surface area contributed by atoms with Crippen LogP contribution >= 0.6 is 0 Å². The molecule has 0 spiro atoms. The van der Waals surface area contributed by atoms with Gasteiger partial charge in [-0.3, -0.25) is 4.90 Å². The average molecular weight is 252 g/mol. The maximum Gasteiger partial charge on any atom is 0.126 e. The molecule has 2 atom stereocenters. The second-order valence-electron chi connectivity index (χ2n) is 4.90. The van der Waals surface area contributed by atoms with Gasteiger partial charge in [0.2, 0.25) is 0 Å². The van der Waals surface area contributed by atoms with E-state index in [1.807, 2.05) is 19.2 Å². The predicted molar refractivity (Wildman–Crippen MR) is 70.2 cm³/mol. The number of halogens is 1. The monoisotopic (exact) mass is 252 g/mol. The van der Waals surface area contributed by atoms with Gasteiger partial charge < -0.3 is 10.1 Å². The minimum absolute atomic E-state index is 0.110. The Morgan fingerprint density at radius 3 is 2.94 bits per heavy atom. The number of rotatable bonds is 3. The second kappa shape index (κ2) is 5.78. The third-order valence-electron chi connectivity index (χ3n) is 3.53. The van der Waals surface area contributed by atoms with Crippen molar-refractivity contribution in [2.24, 2.45) is 0 Å². The van der Waals surface area contributed by atoms with Gasteiger partial charge in [-0.1, -0.05) is 12.1 Å². The van der Waals surface area contributed by atoms with Crippen molar-refractivity contribution in [3.05, 3.63) is 35.1 Å². The smallest absolute Gasteiger partial charge is 0.126 e. The van der Waals surface area contributed by atoms with Crippen LogP contribution in [0.15, 0.2) is 18.2 Å². The lowest BCUT2D eigenvalue weighted by atomic mass is 9.96. The molecule has 0 radical (unpaired) electrons. The van der Waals surface area contributed by atoms with Crippen LogP contribution in [0.3, 0.4) is 0 Å². The van der Waals surface area contributed by atoms with E-state index < -0.39 is 0 Å². The third-order valence-corrected chi connectivity index (χ3v) is 3.53.